The van der Waals surface area contributed by atoms with E-state index >= 15 is 0 Å². The molecule has 1 atom stereocenters. The minimum Gasteiger partial charge on any atom is -0.312 e. The average Bonchev–Trinajstić information content (AvgIpc) is 2.46. The second-order valence-electron chi connectivity index (χ2n) is 5.82. The van der Waals surface area contributed by atoms with E-state index in [4.69, 9.17) is 0 Å². The van der Waals surface area contributed by atoms with Crippen LogP contribution in [-0.2, 0) is 19.5 Å². The molecule has 0 saturated heterocycles. The standard InChI is InChI=1S/C17H28N2/c1-4-14(3)12-19(5-2)13-16-8-6-7-15-11-18-10-9-17(15)16/h6-8,14,18H,4-5,9-13H2,1-3H3. The van der Waals surface area contributed by atoms with Gasteiger partial charge in [-0.05, 0) is 42.1 Å². The molecule has 19 heavy (non-hydrogen) atoms. The predicted molar refractivity (Wildman–Crippen MR) is 82.3 cm³/mol. The highest BCUT2D eigenvalue weighted by Crippen LogP contribution is 2.20. The van der Waals surface area contributed by atoms with Gasteiger partial charge in [-0.25, -0.2) is 0 Å². The van der Waals surface area contributed by atoms with Gasteiger partial charge in [0.05, 0.1) is 0 Å². The van der Waals surface area contributed by atoms with E-state index in [1.165, 1.54) is 24.9 Å². The predicted octanol–water partition coefficient (Wildman–Crippen LogP) is 3.20. The molecule has 1 unspecified atom stereocenters. The number of nitrogens with one attached hydrogen (secondary N) is 1. The summed E-state index contributed by atoms with van der Waals surface area (Å²) in [6, 6.07) is 6.82. The Morgan fingerprint density at radius 2 is 2.16 bits per heavy atom. The third kappa shape index (κ3) is 3.80. The Morgan fingerprint density at radius 3 is 2.89 bits per heavy atom. The Balaban J connectivity index is 2.09. The number of benzene rings is 1. The van der Waals surface area contributed by atoms with Crippen LogP contribution in [0.1, 0.15) is 43.9 Å². The fourth-order valence-corrected chi connectivity index (χ4v) is 2.88. The quantitative estimate of drug-likeness (QED) is 0.845. The number of nitrogens with zero attached hydrogens (tertiary/aromatic N) is 1. The molecule has 0 aliphatic carbocycles. The molecule has 0 saturated carbocycles. The lowest BCUT2D eigenvalue weighted by molar-refractivity contribution is 0.237. The third-order valence-corrected chi connectivity index (χ3v) is 4.35. The molecule has 0 radical (unpaired) electrons. The van der Waals surface area contributed by atoms with Crippen molar-refractivity contribution < 1.29 is 0 Å². The van der Waals surface area contributed by atoms with Gasteiger partial charge in [-0.3, -0.25) is 4.90 Å². The topological polar surface area (TPSA) is 15.3 Å². The Kier molecular flexibility index (Phi) is 5.41. The van der Waals surface area contributed by atoms with Crippen LogP contribution in [0.25, 0.3) is 0 Å². The van der Waals surface area contributed by atoms with Crippen LogP contribution in [0.2, 0.25) is 0 Å². The van der Waals surface area contributed by atoms with Gasteiger partial charge in [-0.2, -0.15) is 0 Å². The van der Waals surface area contributed by atoms with Crippen molar-refractivity contribution in [2.24, 2.45) is 5.92 Å². The minimum absolute atomic E-state index is 0.793. The van der Waals surface area contributed by atoms with Crippen molar-refractivity contribution in [3.63, 3.8) is 0 Å². The first-order valence-electron chi connectivity index (χ1n) is 7.77. The van der Waals surface area contributed by atoms with Crippen molar-refractivity contribution in [3.8, 4) is 0 Å². The van der Waals surface area contributed by atoms with Crippen LogP contribution in [0.5, 0.6) is 0 Å². The van der Waals surface area contributed by atoms with Gasteiger partial charge in [0.15, 0.2) is 0 Å². The number of hydrogen-bond donors (Lipinski definition) is 1. The van der Waals surface area contributed by atoms with Crippen LogP contribution in [0, 0.1) is 5.92 Å². The Labute approximate surface area is 118 Å². The SMILES string of the molecule is CCC(C)CN(CC)Cc1cccc2c1CCNC2. The van der Waals surface area contributed by atoms with Gasteiger partial charge in [0.2, 0.25) is 0 Å². The molecule has 2 nitrogen and oxygen atoms in total. The molecule has 1 N–H and O–H groups in total. The molecule has 0 spiro atoms. The minimum atomic E-state index is 0.793. The van der Waals surface area contributed by atoms with Crippen LogP contribution in [0.4, 0.5) is 0 Å². The molecule has 1 aromatic rings. The van der Waals surface area contributed by atoms with Gasteiger partial charge in [-0.1, -0.05) is 45.4 Å². The summed E-state index contributed by atoms with van der Waals surface area (Å²) < 4.78 is 0. The molecular formula is C17H28N2. The lowest BCUT2D eigenvalue weighted by atomic mass is 9.95. The summed E-state index contributed by atoms with van der Waals surface area (Å²) in [4.78, 5) is 2.59. The van der Waals surface area contributed by atoms with Gasteiger partial charge in [-0.15, -0.1) is 0 Å². The molecule has 2 heteroatoms. The molecule has 2 rings (SSSR count). The molecule has 0 amide bonds. The van der Waals surface area contributed by atoms with Crippen LogP contribution in [0.15, 0.2) is 18.2 Å². The third-order valence-electron chi connectivity index (χ3n) is 4.35. The molecule has 0 aromatic heterocycles. The van der Waals surface area contributed by atoms with E-state index in [0.29, 0.717) is 0 Å². The molecule has 1 heterocycles. The smallest absolute Gasteiger partial charge is 0.0236 e. The molecule has 0 bridgehead atoms. The first-order chi connectivity index (χ1) is 9.24. The molecule has 106 valence electrons. The van der Waals surface area contributed by atoms with Crippen molar-refractivity contribution in [1.29, 1.82) is 0 Å². The zero-order valence-electron chi connectivity index (χ0n) is 12.7. The Morgan fingerprint density at radius 1 is 1.32 bits per heavy atom. The maximum atomic E-state index is 3.46. The Bertz CT molecular complexity index is 400. The summed E-state index contributed by atoms with van der Waals surface area (Å²) in [5.74, 6) is 0.793. The van der Waals surface area contributed by atoms with Crippen molar-refractivity contribution >= 4 is 0 Å². The van der Waals surface area contributed by atoms with E-state index in [1.54, 1.807) is 11.1 Å². The number of rotatable bonds is 6. The normalized spacial score (nSPS) is 16.4. The van der Waals surface area contributed by atoms with Gasteiger partial charge in [0.25, 0.3) is 0 Å². The van der Waals surface area contributed by atoms with Crippen LogP contribution >= 0.6 is 0 Å². The Hall–Kier alpha value is -0.860. The summed E-state index contributed by atoms with van der Waals surface area (Å²) in [7, 11) is 0. The lowest BCUT2D eigenvalue weighted by Crippen LogP contribution is -2.30. The van der Waals surface area contributed by atoms with Crippen molar-refractivity contribution in [2.45, 2.75) is 46.7 Å². The largest absolute Gasteiger partial charge is 0.312 e. The molecular weight excluding hydrogens is 232 g/mol. The molecule has 1 aliphatic heterocycles. The number of hydrogen-bond acceptors (Lipinski definition) is 2. The summed E-state index contributed by atoms with van der Waals surface area (Å²) in [6.07, 6.45) is 2.46. The van der Waals surface area contributed by atoms with Gasteiger partial charge < -0.3 is 5.32 Å². The van der Waals surface area contributed by atoms with Crippen LogP contribution in [-0.4, -0.2) is 24.5 Å². The van der Waals surface area contributed by atoms with Crippen LogP contribution in [0.3, 0.4) is 0 Å². The van der Waals surface area contributed by atoms with E-state index in [1.807, 2.05) is 0 Å². The maximum absolute atomic E-state index is 3.46. The van der Waals surface area contributed by atoms with E-state index in [9.17, 15) is 0 Å². The van der Waals surface area contributed by atoms with Gasteiger partial charge in [0, 0.05) is 19.6 Å². The second-order valence-corrected chi connectivity index (χ2v) is 5.82. The zero-order valence-corrected chi connectivity index (χ0v) is 12.7. The van der Waals surface area contributed by atoms with E-state index in [2.05, 4.69) is 49.2 Å². The second kappa shape index (κ2) is 7.06. The summed E-state index contributed by atoms with van der Waals surface area (Å²) in [6.45, 7) is 12.6. The van der Waals surface area contributed by atoms with E-state index < -0.39 is 0 Å². The van der Waals surface area contributed by atoms with Crippen molar-refractivity contribution in [2.75, 3.05) is 19.6 Å². The average molecular weight is 260 g/mol. The fraction of sp³-hybridized carbons (Fsp3) is 0.647. The molecule has 1 aromatic carbocycles. The zero-order chi connectivity index (χ0) is 13.7. The van der Waals surface area contributed by atoms with E-state index in [0.717, 1.165) is 32.1 Å². The first kappa shape index (κ1) is 14.5. The van der Waals surface area contributed by atoms with Gasteiger partial charge >= 0.3 is 0 Å². The van der Waals surface area contributed by atoms with Crippen molar-refractivity contribution in [3.05, 3.63) is 34.9 Å². The van der Waals surface area contributed by atoms with Crippen LogP contribution < -0.4 is 5.32 Å². The maximum Gasteiger partial charge on any atom is 0.0236 e. The monoisotopic (exact) mass is 260 g/mol. The molecule has 1 aliphatic rings. The van der Waals surface area contributed by atoms with Gasteiger partial charge in [0.1, 0.15) is 0 Å². The lowest BCUT2D eigenvalue weighted by Gasteiger charge is -2.27. The highest BCUT2D eigenvalue weighted by molar-refractivity contribution is 5.37. The molecule has 0 fully saturated rings. The number of fused-ring (bicyclic) bond motifs is 1. The fourth-order valence-electron chi connectivity index (χ4n) is 2.88. The highest BCUT2D eigenvalue weighted by Gasteiger charge is 2.15. The first-order valence-corrected chi connectivity index (χ1v) is 7.77. The summed E-state index contributed by atoms with van der Waals surface area (Å²) in [5.41, 5.74) is 4.65. The van der Waals surface area contributed by atoms with E-state index in [-0.39, 0.29) is 0 Å². The summed E-state index contributed by atoms with van der Waals surface area (Å²) >= 11 is 0. The van der Waals surface area contributed by atoms with Crippen molar-refractivity contribution in [1.82, 2.24) is 10.2 Å². The summed E-state index contributed by atoms with van der Waals surface area (Å²) in [5, 5.41) is 3.46. The highest BCUT2D eigenvalue weighted by atomic mass is 15.1.